The molecule has 0 heterocycles. The second-order valence-electron chi connectivity index (χ2n) is 7.63. The van der Waals surface area contributed by atoms with E-state index in [4.69, 9.17) is 11.6 Å². The third-order valence-corrected chi connectivity index (χ3v) is 5.14. The van der Waals surface area contributed by atoms with Crippen LogP contribution in [0.25, 0.3) is 0 Å². The van der Waals surface area contributed by atoms with E-state index in [1.165, 1.54) is 6.07 Å². The van der Waals surface area contributed by atoms with Crippen LogP contribution in [0.1, 0.15) is 58.4 Å². The van der Waals surface area contributed by atoms with Crippen molar-refractivity contribution in [3.05, 3.63) is 34.6 Å². The molecule has 0 aliphatic heterocycles. The highest BCUT2D eigenvalue weighted by molar-refractivity contribution is 6.30. The van der Waals surface area contributed by atoms with Gasteiger partial charge in [0.15, 0.2) is 0 Å². The van der Waals surface area contributed by atoms with Crippen molar-refractivity contribution in [1.29, 1.82) is 0 Å². The molecule has 0 bridgehead atoms. The summed E-state index contributed by atoms with van der Waals surface area (Å²) in [6, 6.07) is 4.57. The summed E-state index contributed by atoms with van der Waals surface area (Å²) in [6.07, 6.45) is 4.98. The second kappa shape index (κ2) is 6.26. The molecule has 21 heavy (non-hydrogen) atoms. The standard InChI is InChI=1S/C18H26ClFO/c1-17(2,3)14-5-4-9-18(21,10-8-14)12-13-11-15(19)6-7-16(13)20/h6-7,11,14,21H,4-5,8-10,12H2,1-3H3. The maximum atomic E-state index is 13.9. The van der Waals surface area contributed by atoms with E-state index in [9.17, 15) is 9.50 Å². The van der Waals surface area contributed by atoms with Crippen molar-refractivity contribution >= 4 is 11.6 Å². The van der Waals surface area contributed by atoms with Gasteiger partial charge in [0.2, 0.25) is 0 Å². The Balaban J connectivity index is 2.10. The van der Waals surface area contributed by atoms with Gasteiger partial charge in [-0.25, -0.2) is 4.39 Å². The topological polar surface area (TPSA) is 20.2 Å². The van der Waals surface area contributed by atoms with Gasteiger partial charge in [-0.1, -0.05) is 38.8 Å². The van der Waals surface area contributed by atoms with Crippen molar-refractivity contribution in [1.82, 2.24) is 0 Å². The Kier molecular flexibility index (Phi) is 4.99. The first-order valence-electron chi connectivity index (χ1n) is 7.86. The van der Waals surface area contributed by atoms with Crippen molar-refractivity contribution in [2.45, 2.75) is 64.9 Å². The van der Waals surface area contributed by atoms with E-state index in [2.05, 4.69) is 20.8 Å². The van der Waals surface area contributed by atoms with Gasteiger partial charge < -0.3 is 5.11 Å². The zero-order chi connectivity index (χ0) is 15.7. The summed E-state index contributed by atoms with van der Waals surface area (Å²) in [4.78, 5) is 0. The maximum Gasteiger partial charge on any atom is 0.126 e. The Hall–Kier alpha value is -0.600. The number of aliphatic hydroxyl groups is 1. The lowest BCUT2D eigenvalue weighted by Gasteiger charge is -2.31. The van der Waals surface area contributed by atoms with Gasteiger partial charge in [0.25, 0.3) is 0 Å². The monoisotopic (exact) mass is 312 g/mol. The van der Waals surface area contributed by atoms with Crippen LogP contribution in [0.15, 0.2) is 18.2 Å². The van der Waals surface area contributed by atoms with Crippen LogP contribution in [0.3, 0.4) is 0 Å². The van der Waals surface area contributed by atoms with Gasteiger partial charge in [0.1, 0.15) is 5.82 Å². The fourth-order valence-corrected chi connectivity index (χ4v) is 3.66. The van der Waals surface area contributed by atoms with Gasteiger partial charge in [-0.3, -0.25) is 0 Å². The number of rotatable bonds is 2. The Morgan fingerprint density at radius 3 is 2.67 bits per heavy atom. The minimum atomic E-state index is -0.800. The fourth-order valence-electron chi connectivity index (χ4n) is 3.47. The lowest BCUT2D eigenvalue weighted by atomic mass is 9.76. The summed E-state index contributed by atoms with van der Waals surface area (Å²) < 4.78 is 13.9. The molecule has 1 aromatic carbocycles. The third-order valence-electron chi connectivity index (χ3n) is 4.90. The molecular weight excluding hydrogens is 287 g/mol. The molecule has 0 spiro atoms. The molecule has 2 atom stereocenters. The molecule has 0 radical (unpaired) electrons. The fraction of sp³-hybridized carbons (Fsp3) is 0.667. The van der Waals surface area contributed by atoms with Crippen molar-refractivity contribution in [3.63, 3.8) is 0 Å². The van der Waals surface area contributed by atoms with Gasteiger partial charge in [-0.15, -0.1) is 0 Å². The van der Waals surface area contributed by atoms with Crippen LogP contribution >= 0.6 is 11.6 Å². The number of halogens is 2. The largest absolute Gasteiger partial charge is 0.390 e. The molecule has 2 rings (SSSR count). The van der Waals surface area contributed by atoms with Gasteiger partial charge >= 0.3 is 0 Å². The van der Waals surface area contributed by atoms with Gasteiger partial charge in [-0.05, 0) is 60.8 Å². The smallest absolute Gasteiger partial charge is 0.126 e. The Morgan fingerprint density at radius 2 is 2.00 bits per heavy atom. The van der Waals surface area contributed by atoms with Crippen LogP contribution in [0, 0.1) is 17.2 Å². The average Bonchev–Trinajstić information content (AvgIpc) is 2.55. The van der Waals surface area contributed by atoms with Crippen molar-refractivity contribution in [2.75, 3.05) is 0 Å². The van der Waals surface area contributed by atoms with E-state index < -0.39 is 5.60 Å². The van der Waals surface area contributed by atoms with Crippen LogP contribution in [0.2, 0.25) is 5.02 Å². The van der Waals surface area contributed by atoms with Crippen LogP contribution in [-0.2, 0) is 6.42 Å². The van der Waals surface area contributed by atoms with Crippen LogP contribution in [0.4, 0.5) is 4.39 Å². The molecule has 1 saturated carbocycles. The van der Waals surface area contributed by atoms with Gasteiger partial charge in [0.05, 0.1) is 5.60 Å². The zero-order valence-electron chi connectivity index (χ0n) is 13.3. The second-order valence-corrected chi connectivity index (χ2v) is 8.07. The summed E-state index contributed by atoms with van der Waals surface area (Å²) in [7, 11) is 0. The summed E-state index contributed by atoms with van der Waals surface area (Å²) in [5, 5.41) is 11.4. The minimum absolute atomic E-state index is 0.270. The molecule has 1 aliphatic rings. The van der Waals surface area contributed by atoms with Crippen LogP contribution in [0.5, 0.6) is 0 Å². The molecule has 2 unspecified atom stereocenters. The lowest BCUT2D eigenvalue weighted by Crippen LogP contribution is -2.31. The van der Waals surface area contributed by atoms with E-state index in [1.54, 1.807) is 12.1 Å². The molecule has 118 valence electrons. The first-order valence-corrected chi connectivity index (χ1v) is 8.24. The maximum absolute atomic E-state index is 13.9. The predicted molar refractivity (Wildman–Crippen MR) is 86.1 cm³/mol. The molecule has 1 nitrogen and oxygen atoms in total. The summed E-state index contributed by atoms with van der Waals surface area (Å²) in [5.41, 5.74) is -0.00264. The summed E-state index contributed by atoms with van der Waals surface area (Å²) in [5.74, 6) is 0.347. The molecule has 1 aromatic rings. The van der Waals surface area contributed by atoms with Gasteiger partial charge in [-0.2, -0.15) is 0 Å². The van der Waals surface area contributed by atoms with Gasteiger partial charge in [0, 0.05) is 11.4 Å². The molecule has 0 amide bonds. The average molecular weight is 313 g/mol. The normalized spacial score (nSPS) is 27.4. The number of hydrogen-bond acceptors (Lipinski definition) is 1. The predicted octanol–water partition coefficient (Wildman–Crippen LogP) is 5.38. The molecule has 1 aliphatic carbocycles. The first-order chi connectivity index (χ1) is 9.70. The summed E-state index contributed by atoms with van der Waals surface area (Å²) in [6.45, 7) is 6.79. The van der Waals surface area contributed by atoms with E-state index in [0.717, 1.165) is 32.1 Å². The van der Waals surface area contributed by atoms with Crippen LogP contribution < -0.4 is 0 Å². The highest BCUT2D eigenvalue weighted by atomic mass is 35.5. The highest BCUT2D eigenvalue weighted by Gasteiger charge is 2.35. The van der Waals surface area contributed by atoms with Crippen LogP contribution in [-0.4, -0.2) is 10.7 Å². The highest BCUT2D eigenvalue weighted by Crippen LogP contribution is 2.41. The molecule has 1 N–H and O–H groups in total. The van der Waals surface area contributed by atoms with E-state index in [0.29, 0.717) is 22.9 Å². The van der Waals surface area contributed by atoms with E-state index in [1.807, 2.05) is 0 Å². The molecule has 1 fully saturated rings. The Bertz CT molecular complexity index is 494. The van der Waals surface area contributed by atoms with Crippen molar-refractivity contribution in [2.24, 2.45) is 11.3 Å². The van der Waals surface area contributed by atoms with E-state index in [-0.39, 0.29) is 11.2 Å². The molecule has 0 saturated heterocycles. The van der Waals surface area contributed by atoms with Crippen molar-refractivity contribution < 1.29 is 9.50 Å². The first kappa shape index (κ1) is 16.8. The Labute approximate surface area is 132 Å². The molecule has 0 aromatic heterocycles. The Morgan fingerprint density at radius 1 is 1.29 bits per heavy atom. The SMILES string of the molecule is CC(C)(C)C1CCCC(O)(Cc2cc(Cl)ccc2F)CC1. The third kappa shape index (κ3) is 4.43. The lowest BCUT2D eigenvalue weighted by molar-refractivity contribution is 0.0218. The number of hydrogen-bond donors (Lipinski definition) is 1. The van der Waals surface area contributed by atoms with Crippen molar-refractivity contribution in [3.8, 4) is 0 Å². The zero-order valence-corrected chi connectivity index (χ0v) is 14.0. The molecule has 3 heteroatoms. The van der Waals surface area contributed by atoms with E-state index >= 15 is 0 Å². The quantitative estimate of drug-likeness (QED) is 0.727. The summed E-state index contributed by atoms with van der Waals surface area (Å²) >= 11 is 5.95. The number of benzene rings is 1. The molecular formula is C18H26ClFO. The minimum Gasteiger partial charge on any atom is -0.390 e.